The third-order valence-electron chi connectivity index (χ3n) is 5.54. The molecule has 30 heavy (non-hydrogen) atoms. The van der Waals surface area contributed by atoms with Crippen LogP contribution in [-0.4, -0.2) is 44.9 Å². The largest absolute Gasteiger partial charge is 0.492 e. The molecule has 1 aliphatic carbocycles. The summed E-state index contributed by atoms with van der Waals surface area (Å²) in [6, 6.07) is 13.9. The molecule has 0 radical (unpaired) electrons. The molecule has 0 unspecified atom stereocenters. The molecular formula is C23H30N2O4S. The molecular weight excluding hydrogens is 400 g/mol. The highest BCUT2D eigenvalue weighted by atomic mass is 32.2. The van der Waals surface area contributed by atoms with E-state index in [1.165, 1.54) is 10.4 Å². The smallest absolute Gasteiger partial charge is 0.251 e. The van der Waals surface area contributed by atoms with Crippen molar-refractivity contribution in [3.8, 4) is 5.75 Å². The van der Waals surface area contributed by atoms with Gasteiger partial charge in [0.25, 0.3) is 5.91 Å². The van der Waals surface area contributed by atoms with Crippen LogP contribution in [0.2, 0.25) is 0 Å². The molecule has 0 saturated heterocycles. The fourth-order valence-corrected chi connectivity index (χ4v) is 5.14. The van der Waals surface area contributed by atoms with Crippen LogP contribution in [0.3, 0.4) is 0 Å². The highest BCUT2D eigenvalue weighted by Gasteiger charge is 2.29. The van der Waals surface area contributed by atoms with Crippen LogP contribution >= 0.6 is 0 Å². The summed E-state index contributed by atoms with van der Waals surface area (Å²) in [4.78, 5) is 12.6. The highest BCUT2D eigenvalue weighted by molar-refractivity contribution is 7.89. The average molecular weight is 431 g/mol. The van der Waals surface area contributed by atoms with Gasteiger partial charge in [-0.3, -0.25) is 4.79 Å². The summed E-state index contributed by atoms with van der Waals surface area (Å²) in [6.07, 6.45) is 5.04. The first-order valence-corrected chi connectivity index (χ1v) is 11.9. The molecule has 0 heterocycles. The van der Waals surface area contributed by atoms with Crippen molar-refractivity contribution in [2.75, 3.05) is 20.2 Å². The van der Waals surface area contributed by atoms with Crippen molar-refractivity contribution in [2.45, 2.75) is 50.0 Å². The molecule has 2 aromatic carbocycles. The number of aryl methyl sites for hydroxylation is 1. The van der Waals surface area contributed by atoms with E-state index in [-0.39, 0.29) is 16.8 Å². The van der Waals surface area contributed by atoms with E-state index in [4.69, 9.17) is 4.74 Å². The van der Waals surface area contributed by atoms with E-state index in [0.29, 0.717) is 18.7 Å². The van der Waals surface area contributed by atoms with Gasteiger partial charge in [0.1, 0.15) is 12.4 Å². The molecule has 1 fully saturated rings. The van der Waals surface area contributed by atoms with E-state index in [9.17, 15) is 13.2 Å². The van der Waals surface area contributed by atoms with Gasteiger partial charge in [-0.25, -0.2) is 8.42 Å². The van der Waals surface area contributed by atoms with E-state index in [1.807, 2.05) is 31.2 Å². The third-order valence-corrected chi connectivity index (χ3v) is 7.45. The zero-order chi connectivity index (χ0) is 21.6. The topological polar surface area (TPSA) is 75.7 Å². The summed E-state index contributed by atoms with van der Waals surface area (Å²) in [5.41, 5.74) is 1.48. The first-order valence-electron chi connectivity index (χ1n) is 10.4. The number of nitrogens with zero attached hydrogens (tertiary/aromatic N) is 1. The van der Waals surface area contributed by atoms with Crippen molar-refractivity contribution in [3.05, 3.63) is 59.7 Å². The predicted molar refractivity (Wildman–Crippen MR) is 117 cm³/mol. The standard InChI is InChI=1S/C23H30N2O4S/c1-18-11-13-21(14-12-18)29-16-15-24-23(26)19-7-6-10-22(17-19)30(27,28)25(2)20-8-4-3-5-9-20/h6-7,10-14,17,20H,3-5,8-9,15-16H2,1-2H3,(H,24,26). The van der Waals surface area contributed by atoms with Gasteiger partial charge >= 0.3 is 0 Å². The maximum absolute atomic E-state index is 13.0. The van der Waals surface area contributed by atoms with Crippen LogP contribution < -0.4 is 10.1 Å². The number of carbonyl (C=O) groups excluding carboxylic acids is 1. The van der Waals surface area contributed by atoms with Crippen molar-refractivity contribution in [2.24, 2.45) is 0 Å². The lowest BCUT2D eigenvalue weighted by Crippen LogP contribution is -2.38. The molecule has 1 amide bonds. The number of ether oxygens (including phenoxy) is 1. The Hall–Kier alpha value is -2.38. The zero-order valence-corrected chi connectivity index (χ0v) is 18.5. The van der Waals surface area contributed by atoms with Crippen LogP contribution in [0.4, 0.5) is 0 Å². The van der Waals surface area contributed by atoms with Crippen molar-refractivity contribution in [3.63, 3.8) is 0 Å². The third kappa shape index (κ3) is 5.61. The minimum atomic E-state index is -3.63. The van der Waals surface area contributed by atoms with Crippen LogP contribution in [0.1, 0.15) is 48.0 Å². The van der Waals surface area contributed by atoms with Crippen LogP contribution in [0.15, 0.2) is 53.4 Å². The molecule has 0 aromatic heterocycles. The van der Waals surface area contributed by atoms with Gasteiger partial charge in [0.2, 0.25) is 10.0 Å². The van der Waals surface area contributed by atoms with Gasteiger partial charge < -0.3 is 10.1 Å². The molecule has 0 bridgehead atoms. The fourth-order valence-electron chi connectivity index (χ4n) is 3.67. The molecule has 0 aliphatic heterocycles. The molecule has 2 aromatic rings. The minimum absolute atomic E-state index is 0.0279. The van der Waals surface area contributed by atoms with Gasteiger partial charge in [-0.15, -0.1) is 0 Å². The van der Waals surface area contributed by atoms with Gasteiger partial charge in [0, 0.05) is 18.7 Å². The monoisotopic (exact) mass is 430 g/mol. The Kier molecular flexibility index (Phi) is 7.50. The number of amides is 1. The summed E-state index contributed by atoms with van der Waals surface area (Å²) in [5.74, 6) is 0.425. The van der Waals surface area contributed by atoms with Crippen LogP contribution in [0.5, 0.6) is 5.75 Å². The number of benzene rings is 2. The van der Waals surface area contributed by atoms with E-state index in [1.54, 1.807) is 25.2 Å². The first-order chi connectivity index (χ1) is 14.4. The van der Waals surface area contributed by atoms with Crippen molar-refractivity contribution >= 4 is 15.9 Å². The Morgan fingerprint density at radius 2 is 1.80 bits per heavy atom. The summed E-state index contributed by atoms with van der Waals surface area (Å²) < 4.78 is 33.1. The number of nitrogens with one attached hydrogen (secondary N) is 1. The van der Waals surface area contributed by atoms with Gasteiger partial charge in [-0.1, -0.05) is 43.0 Å². The minimum Gasteiger partial charge on any atom is -0.492 e. The molecule has 7 heteroatoms. The quantitative estimate of drug-likeness (QED) is 0.647. The Bertz CT molecular complexity index is 951. The Morgan fingerprint density at radius 1 is 1.10 bits per heavy atom. The summed E-state index contributed by atoms with van der Waals surface area (Å²) >= 11 is 0. The summed E-state index contributed by atoms with van der Waals surface area (Å²) in [7, 11) is -1.99. The normalized spacial score (nSPS) is 15.2. The number of hydrogen-bond donors (Lipinski definition) is 1. The lowest BCUT2D eigenvalue weighted by Gasteiger charge is -2.30. The van der Waals surface area contributed by atoms with Crippen LogP contribution in [0, 0.1) is 6.92 Å². The average Bonchev–Trinajstić information content (AvgIpc) is 2.78. The molecule has 6 nitrogen and oxygen atoms in total. The van der Waals surface area contributed by atoms with E-state index in [0.717, 1.165) is 43.4 Å². The molecule has 0 atom stereocenters. The summed E-state index contributed by atoms with van der Waals surface area (Å²) in [6.45, 7) is 2.66. The van der Waals surface area contributed by atoms with Gasteiger partial charge in [-0.2, -0.15) is 4.31 Å². The SMILES string of the molecule is Cc1ccc(OCCNC(=O)c2cccc(S(=O)(=O)N(C)C3CCCCC3)c2)cc1. The van der Waals surface area contributed by atoms with Gasteiger partial charge in [-0.05, 0) is 50.1 Å². The molecule has 3 rings (SSSR count). The predicted octanol–water partition coefficient (Wildman–Crippen LogP) is 3.76. The lowest BCUT2D eigenvalue weighted by molar-refractivity contribution is 0.0947. The molecule has 1 saturated carbocycles. The second-order valence-corrected chi connectivity index (χ2v) is 9.76. The maximum atomic E-state index is 13.0. The second-order valence-electron chi connectivity index (χ2n) is 7.76. The Labute approximate surface area is 179 Å². The van der Waals surface area contributed by atoms with Gasteiger partial charge in [0.05, 0.1) is 11.4 Å². The Morgan fingerprint density at radius 3 is 2.50 bits per heavy atom. The molecule has 162 valence electrons. The summed E-state index contributed by atoms with van der Waals surface area (Å²) in [5, 5.41) is 2.78. The number of carbonyl (C=O) groups is 1. The molecule has 0 spiro atoms. The number of rotatable bonds is 8. The van der Waals surface area contributed by atoms with E-state index >= 15 is 0 Å². The van der Waals surface area contributed by atoms with E-state index < -0.39 is 10.0 Å². The van der Waals surface area contributed by atoms with Crippen molar-refractivity contribution in [1.29, 1.82) is 0 Å². The highest BCUT2D eigenvalue weighted by Crippen LogP contribution is 2.26. The number of hydrogen-bond acceptors (Lipinski definition) is 4. The molecule has 1 aliphatic rings. The van der Waals surface area contributed by atoms with E-state index in [2.05, 4.69) is 5.32 Å². The van der Waals surface area contributed by atoms with Crippen molar-refractivity contribution in [1.82, 2.24) is 9.62 Å². The van der Waals surface area contributed by atoms with Crippen LogP contribution in [0.25, 0.3) is 0 Å². The second kappa shape index (κ2) is 10.1. The lowest BCUT2D eigenvalue weighted by atomic mass is 9.96. The van der Waals surface area contributed by atoms with Crippen LogP contribution in [-0.2, 0) is 10.0 Å². The molecule has 1 N–H and O–H groups in total. The van der Waals surface area contributed by atoms with Gasteiger partial charge in [0.15, 0.2) is 0 Å². The maximum Gasteiger partial charge on any atom is 0.251 e. The fraction of sp³-hybridized carbons (Fsp3) is 0.435. The zero-order valence-electron chi connectivity index (χ0n) is 17.6. The Balaban J connectivity index is 1.58. The number of sulfonamides is 1. The first kappa shape index (κ1) is 22.3. The van der Waals surface area contributed by atoms with Crippen molar-refractivity contribution < 1.29 is 17.9 Å².